The summed E-state index contributed by atoms with van der Waals surface area (Å²) in [5.41, 5.74) is 0. The normalized spacial score (nSPS) is 18.1. The van der Waals surface area contributed by atoms with Crippen molar-refractivity contribution in [2.45, 2.75) is 18.9 Å². The highest BCUT2D eigenvalue weighted by atomic mass is 32.1. The Labute approximate surface area is 105 Å². The van der Waals surface area contributed by atoms with Gasteiger partial charge in [0.1, 0.15) is 0 Å². The van der Waals surface area contributed by atoms with Crippen LogP contribution in [-0.4, -0.2) is 42.2 Å². The number of aliphatic hydroxyl groups excluding tert-OH is 1. The van der Waals surface area contributed by atoms with Crippen LogP contribution in [0, 0.1) is 0 Å². The SMILES string of the molecule is O=C(CCC(O)c1cccs1)N1CCOCC1. The predicted molar refractivity (Wildman–Crippen MR) is 65.9 cm³/mol. The molecule has 1 aromatic heterocycles. The molecule has 1 unspecified atom stereocenters. The van der Waals surface area contributed by atoms with Crippen molar-refractivity contribution >= 4 is 17.2 Å². The zero-order valence-electron chi connectivity index (χ0n) is 9.67. The minimum absolute atomic E-state index is 0.115. The van der Waals surface area contributed by atoms with Gasteiger partial charge in [-0.25, -0.2) is 0 Å². The summed E-state index contributed by atoms with van der Waals surface area (Å²) in [5.74, 6) is 0.115. The highest BCUT2D eigenvalue weighted by Gasteiger charge is 2.18. The molecule has 0 aromatic carbocycles. The third-order valence-corrected chi connectivity index (χ3v) is 3.84. The lowest BCUT2D eigenvalue weighted by atomic mass is 10.1. The zero-order valence-corrected chi connectivity index (χ0v) is 10.5. The van der Waals surface area contributed by atoms with Crippen LogP contribution >= 0.6 is 11.3 Å². The average Bonchev–Trinajstić information content (AvgIpc) is 2.90. The number of rotatable bonds is 4. The largest absolute Gasteiger partial charge is 0.388 e. The minimum atomic E-state index is -0.514. The lowest BCUT2D eigenvalue weighted by molar-refractivity contribution is -0.135. The van der Waals surface area contributed by atoms with Gasteiger partial charge in [0.15, 0.2) is 0 Å². The second kappa shape index (κ2) is 6.14. The topological polar surface area (TPSA) is 49.8 Å². The Hall–Kier alpha value is -0.910. The summed E-state index contributed by atoms with van der Waals surface area (Å²) in [6.45, 7) is 2.60. The molecule has 1 aromatic rings. The van der Waals surface area contributed by atoms with E-state index in [0.29, 0.717) is 39.1 Å². The molecule has 0 bridgehead atoms. The molecule has 0 radical (unpaired) electrons. The summed E-state index contributed by atoms with van der Waals surface area (Å²) in [4.78, 5) is 14.6. The van der Waals surface area contributed by atoms with Gasteiger partial charge in [-0.05, 0) is 17.9 Å². The van der Waals surface area contributed by atoms with Gasteiger partial charge in [0.05, 0.1) is 19.3 Å². The van der Waals surface area contributed by atoms with Gasteiger partial charge < -0.3 is 14.7 Å². The van der Waals surface area contributed by atoms with Crippen LogP contribution in [0.15, 0.2) is 17.5 Å². The molecule has 0 spiro atoms. The number of morpholine rings is 1. The molecule has 1 N–H and O–H groups in total. The molecule has 0 saturated carbocycles. The van der Waals surface area contributed by atoms with Crippen molar-refractivity contribution in [1.82, 2.24) is 4.90 Å². The summed E-state index contributed by atoms with van der Waals surface area (Å²) in [5, 5.41) is 11.8. The molecule has 4 nitrogen and oxygen atoms in total. The Morgan fingerprint density at radius 2 is 2.29 bits per heavy atom. The van der Waals surface area contributed by atoms with E-state index in [9.17, 15) is 9.90 Å². The van der Waals surface area contributed by atoms with Crippen LogP contribution < -0.4 is 0 Å². The second-order valence-corrected chi connectivity index (χ2v) is 5.04. The molecule has 1 amide bonds. The van der Waals surface area contributed by atoms with Crippen molar-refractivity contribution in [2.75, 3.05) is 26.3 Å². The Balaban J connectivity index is 1.75. The zero-order chi connectivity index (χ0) is 12.1. The molecule has 1 aliphatic heterocycles. The van der Waals surface area contributed by atoms with E-state index in [2.05, 4.69) is 0 Å². The molecule has 94 valence electrons. The van der Waals surface area contributed by atoms with E-state index in [4.69, 9.17) is 4.74 Å². The molecule has 2 heterocycles. The van der Waals surface area contributed by atoms with Crippen LogP contribution in [0.5, 0.6) is 0 Å². The molecule has 1 atom stereocenters. The average molecular weight is 255 g/mol. The highest BCUT2D eigenvalue weighted by molar-refractivity contribution is 7.10. The van der Waals surface area contributed by atoms with Gasteiger partial charge in [-0.2, -0.15) is 0 Å². The summed E-state index contributed by atoms with van der Waals surface area (Å²) in [7, 11) is 0. The standard InChI is InChI=1S/C12H17NO3S/c14-10(11-2-1-9-17-11)3-4-12(15)13-5-7-16-8-6-13/h1-2,9-10,14H,3-8H2. The summed E-state index contributed by atoms with van der Waals surface area (Å²) in [6.07, 6.45) is 0.385. The molecular weight excluding hydrogens is 238 g/mol. The summed E-state index contributed by atoms with van der Waals surface area (Å²) >= 11 is 1.52. The number of ether oxygens (including phenoxy) is 1. The fourth-order valence-corrected chi connectivity index (χ4v) is 2.60. The van der Waals surface area contributed by atoms with Gasteiger partial charge in [0, 0.05) is 24.4 Å². The van der Waals surface area contributed by atoms with E-state index in [-0.39, 0.29) is 5.91 Å². The van der Waals surface area contributed by atoms with Gasteiger partial charge in [-0.15, -0.1) is 11.3 Å². The van der Waals surface area contributed by atoms with Crippen molar-refractivity contribution in [3.8, 4) is 0 Å². The van der Waals surface area contributed by atoms with Gasteiger partial charge in [-0.3, -0.25) is 4.79 Å². The quantitative estimate of drug-likeness (QED) is 0.885. The molecule has 0 aliphatic carbocycles. The molecule has 17 heavy (non-hydrogen) atoms. The minimum Gasteiger partial charge on any atom is -0.388 e. The van der Waals surface area contributed by atoms with Gasteiger partial charge in [0.2, 0.25) is 5.91 Å². The predicted octanol–water partition coefficient (Wildman–Crippen LogP) is 1.42. The first-order valence-electron chi connectivity index (χ1n) is 5.84. The van der Waals surface area contributed by atoms with Crippen LogP contribution in [0.3, 0.4) is 0 Å². The molecule has 2 rings (SSSR count). The van der Waals surface area contributed by atoms with Gasteiger partial charge >= 0.3 is 0 Å². The van der Waals surface area contributed by atoms with Crippen LogP contribution in [0.2, 0.25) is 0 Å². The smallest absolute Gasteiger partial charge is 0.222 e. The van der Waals surface area contributed by atoms with Crippen molar-refractivity contribution in [1.29, 1.82) is 0 Å². The third kappa shape index (κ3) is 3.52. The molecule has 1 aliphatic rings. The summed E-state index contributed by atoms with van der Waals surface area (Å²) < 4.78 is 5.19. The number of carbonyl (C=O) groups excluding carboxylic acids is 1. The molecular formula is C12H17NO3S. The lowest BCUT2D eigenvalue weighted by Gasteiger charge is -2.27. The first kappa shape index (κ1) is 12.5. The molecule has 5 heteroatoms. The Morgan fingerprint density at radius 1 is 1.53 bits per heavy atom. The van der Waals surface area contributed by atoms with E-state index in [1.54, 1.807) is 0 Å². The van der Waals surface area contributed by atoms with E-state index in [1.807, 2.05) is 22.4 Å². The maximum Gasteiger partial charge on any atom is 0.222 e. The highest BCUT2D eigenvalue weighted by Crippen LogP contribution is 2.23. The summed E-state index contributed by atoms with van der Waals surface area (Å²) in [6, 6.07) is 3.81. The van der Waals surface area contributed by atoms with Crippen molar-refractivity contribution in [3.05, 3.63) is 22.4 Å². The fourth-order valence-electron chi connectivity index (χ4n) is 1.85. The van der Waals surface area contributed by atoms with Crippen molar-refractivity contribution in [3.63, 3.8) is 0 Å². The van der Waals surface area contributed by atoms with E-state index in [1.165, 1.54) is 11.3 Å². The number of amides is 1. The van der Waals surface area contributed by atoms with Crippen molar-refractivity contribution in [2.24, 2.45) is 0 Å². The van der Waals surface area contributed by atoms with Gasteiger partial charge in [-0.1, -0.05) is 6.07 Å². The maximum atomic E-state index is 11.8. The lowest BCUT2D eigenvalue weighted by Crippen LogP contribution is -2.40. The maximum absolute atomic E-state index is 11.8. The number of nitrogens with zero attached hydrogens (tertiary/aromatic N) is 1. The Morgan fingerprint density at radius 3 is 2.94 bits per heavy atom. The first-order chi connectivity index (χ1) is 8.27. The van der Waals surface area contributed by atoms with Crippen LogP contribution in [0.25, 0.3) is 0 Å². The Bertz CT molecular complexity index is 347. The molecule has 1 saturated heterocycles. The van der Waals surface area contributed by atoms with Gasteiger partial charge in [0.25, 0.3) is 0 Å². The second-order valence-electron chi connectivity index (χ2n) is 4.06. The number of carbonyl (C=O) groups is 1. The first-order valence-corrected chi connectivity index (χ1v) is 6.72. The van der Waals surface area contributed by atoms with Crippen LogP contribution in [0.1, 0.15) is 23.8 Å². The van der Waals surface area contributed by atoms with Crippen LogP contribution in [-0.2, 0) is 9.53 Å². The third-order valence-electron chi connectivity index (χ3n) is 2.87. The number of hydrogen-bond donors (Lipinski definition) is 1. The molecule has 1 fully saturated rings. The van der Waals surface area contributed by atoms with Crippen molar-refractivity contribution < 1.29 is 14.6 Å². The number of aliphatic hydroxyl groups is 1. The Kier molecular flexibility index (Phi) is 4.53. The number of thiophene rings is 1. The van der Waals surface area contributed by atoms with Crippen LogP contribution in [0.4, 0.5) is 0 Å². The van der Waals surface area contributed by atoms with E-state index >= 15 is 0 Å². The number of hydrogen-bond acceptors (Lipinski definition) is 4. The van der Waals surface area contributed by atoms with E-state index in [0.717, 1.165) is 4.88 Å². The fraction of sp³-hybridized carbons (Fsp3) is 0.583. The van der Waals surface area contributed by atoms with E-state index < -0.39 is 6.10 Å². The monoisotopic (exact) mass is 255 g/mol.